The maximum atomic E-state index is 11.3. The normalized spacial score (nSPS) is 19.6. The first-order valence-corrected chi connectivity index (χ1v) is 6.50. The average Bonchev–Trinajstić information content (AvgIpc) is 2.74. The van der Waals surface area contributed by atoms with Gasteiger partial charge in [0.25, 0.3) is 0 Å². The molecule has 0 amide bonds. The number of hydrogen-bond acceptors (Lipinski definition) is 4. The van der Waals surface area contributed by atoms with Gasteiger partial charge in [-0.15, -0.1) is 0 Å². The van der Waals surface area contributed by atoms with E-state index >= 15 is 0 Å². The highest BCUT2D eigenvalue weighted by molar-refractivity contribution is 5.97. The summed E-state index contributed by atoms with van der Waals surface area (Å²) in [4.78, 5) is 15.5. The molecule has 0 saturated carbocycles. The molecule has 1 unspecified atom stereocenters. The van der Waals surface area contributed by atoms with Gasteiger partial charge in [-0.25, -0.2) is 4.79 Å². The van der Waals surface area contributed by atoms with Crippen LogP contribution in [0, 0.1) is 5.92 Å². The average molecular weight is 263 g/mol. The summed E-state index contributed by atoms with van der Waals surface area (Å²) in [6, 6.07) is 5.03. The van der Waals surface area contributed by atoms with Crippen LogP contribution >= 0.6 is 0 Å². The molecule has 0 spiro atoms. The number of anilines is 2. The van der Waals surface area contributed by atoms with Crippen molar-refractivity contribution in [3.63, 3.8) is 0 Å². The lowest BCUT2D eigenvalue weighted by Crippen LogP contribution is -2.29. The topological polar surface area (TPSA) is 69.8 Å². The van der Waals surface area contributed by atoms with Gasteiger partial charge in [-0.2, -0.15) is 0 Å². The van der Waals surface area contributed by atoms with Crippen LogP contribution in [0.5, 0.6) is 0 Å². The Morgan fingerprint density at radius 2 is 2.32 bits per heavy atom. The van der Waals surface area contributed by atoms with Crippen LogP contribution in [0.3, 0.4) is 0 Å². The maximum absolute atomic E-state index is 11.3. The van der Waals surface area contributed by atoms with E-state index < -0.39 is 5.97 Å². The molecule has 1 atom stereocenters. The second kappa shape index (κ2) is 5.48. The van der Waals surface area contributed by atoms with E-state index in [0.29, 0.717) is 17.3 Å². The van der Waals surface area contributed by atoms with Crippen LogP contribution in [0.15, 0.2) is 18.2 Å². The van der Waals surface area contributed by atoms with Gasteiger partial charge in [0.05, 0.1) is 16.9 Å². The molecule has 2 rings (SSSR count). The van der Waals surface area contributed by atoms with Gasteiger partial charge >= 0.3 is 5.97 Å². The van der Waals surface area contributed by atoms with Crippen molar-refractivity contribution in [2.75, 3.05) is 44.4 Å². The number of para-hydroxylation sites is 1. The van der Waals surface area contributed by atoms with Gasteiger partial charge in [0.15, 0.2) is 0 Å². The highest BCUT2D eigenvalue weighted by atomic mass is 16.4. The van der Waals surface area contributed by atoms with Gasteiger partial charge in [0, 0.05) is 20.1 Å². The second-order valence-corrected chi connectivity index (χ2v) is 5.35. The summed E-state index contributed by atoms with van der Waals surface area (Å²) in [5.41, 5.74) is 7.37. The van der Waals surface area contributed by atoms with Crippen LogP contribution in [0.2, 0.25) is 0 Å². The molecule has 1 saturated heterocycles. The van der Waals surface area contributed by atoms with Crippen LogP contribution in [-0.2, 0) is 0 Å². The van der Waals surface area contributed by atoms with Crippen molar-refractivity contribution < 1.29 is 9.90 Å². The summed E-state index contributed by atoms with van der Waals surface area (Å²) in [5.74, 6) is -0.367. The predicted molar refractivity (Wildman–Crippen MR) is 76.7 cm³/mol. The lowest BCUT2D eigenvalue weighted by atomic mass is 10.1. The number of likely N-dealkylation sites (tertiary alicyclic amines) is 1. The monoisotopic (exact) mass is 263 g/mol. The quantitative estimate of drug-likeness (QED) is 0.803. The standard InChI is InChI=1S/C14H21N3O2/c1-16-7-6-10(8-16)9-17(2)13-11(14(18)19)4-3-5-12(13)15/h3-5,10H,6-9,15H2,1-2H3,(H,18,19). The molecule has 1 heterocycles. The highest BCUT2D eigenvalue weighted by Crippen LogP contribution is 2.28. The third-order valence-electron chi connectivity index (χ3n) is 3.70. The van der Waals surface area contributed by atoms with E-state index in [1.807, 2.05) is 11.9 Å². The molecule has 1 aromatic carbocycles. The fourth-order valence-corrected chi connectivity index (χ4v) is 2.81. The minimum absolute atomic E-state index is 0.272. The SMILES string of the molecule is CN1CCC(CN(C)c2c(N)cccc2C(=O)O)C1. The van der Waals surface area contributed by atoms with E-state index in [4.69, 9.17) is 5.73 Å². The van der Waals surface area contributed by atoms with Gasteiger partial charge < -0.3 is 20.6 Å². The zero-order valence-corrected chi connectivity index (χ0v) is 11.5. The van der Waals surface area contributed by atoms with Crippen molar-refractivity contribution in [3.05, 3.63) is 23.8 Å². The Kier molecular flexibility index (Phi) is 3.95. The molecule has 0 aliphatic carbocycles. The van der Waals surface area contributed by atoms with Crippen molar-refractivity contribution >= 4 is 17.3 Å². The van der Waals surface area contributed by atoms with Gasteiger partial charge in [-0.1, -0.05) is 6.07 Å². The molecule has 19 heavy (non-hydrogen) atoms. The minimum atomic E-state index is -0.933. The maximum Gasteiger partial charge on any atom is 0.337 e. The molecular weight excluding hydrogens is 242 g/mol. The lowest BCUT2D eigenvalue weighted by Gasteiger charge is -2.26. The number of aromatic carboxylic acids is 1. The Labute approximate surface area is 113 Å². The van der Waals surface area contributed by atoms with Gasteiger partial charge in [0.2, 0.25) is 0 Å². The Balaban J connectivity index is 2.18. The summed E-state index contributed by atoms with van der Waals surface area (Å²) in [6.07, 6.45) is 1.15. The van der Waals surface area contributed by atoms with Gasteiger partial charge in [0.1, 0.15) is 0 Å². The van der Waals surface area contributed by atoms with E-state index in [9.17, 15) is 9.90 Å². The largest absolute Gasteiger partial charge is 0.478 e. The summed E-state index contributed by atoms with van der Waals surface area (Å²) in [5, 5.41) is 9.25. The first-order valence-electron chi connectivity index (χ1n) is 6.50. The Morgan fingerprint density at radius 1 is 1.58 bits per heavy atom. The zero-order chi connectivity index (χ0) is 14.0. The number of carboxylic acid groups (broad SMARTS) is 1. The molecule has 1 aromatic rings. The van der Waals surface area contributed by atoms with E-state index in [-0.39, 0.29) is 5.56 Å². The molecular formula is C14H21N3O2. The van der Waals surface area contributed by atoms with Crippen molar-refractivity contribution in [1.82, 2.24) is 4.90 Å². The van der Waals surface area contributed by atoms with E-state index in [0.717, 1.165) is 26.1 Å². The second-order valence-electron chi connectivity index (χ2n) is 5.35. The molecule has 3 N–H and O–H groups in total. The van der Waals surface area contributed by atoms with Crippen LogP contribution < -0.4 is 10.6 Å². The van der Waals surface area contributed by atoms with Gasteiger partial charge in [-0.3, -0.25) is 0 Å². The first-order chi connectivity index (χ1) is 8.99. The number of carbonyl (C=O) groups is 1. The molecule has 1 aliphatic heterocycles. The van der Waals surface area contributed by atoms with Crippen molar-refractivity contribution in [3.8, 4) is 0 Å². The van der Waals surface area contributed by atoms with E-state index in [1.165, 1.54) is 0 Å². The minimum Gasteiger partial charge on any atom is -0.478 e. The van der Waals surface area contributed by atoms with Crippen LogP contribution in [-0.4, -0.2) is 49.7 Å². The molecule has 1 aliphatic rings. The summed E-state index contributed by atoms with van der Waals surface area (Å²) in [6.45, 7) is 2.99. The Morgan fingerprint density at radius 3 is 2.89 bits per heavy atom. The molecule has 0 radical (unpaired) electrons. The van der Waals surface area contributed by atoms with Crippen molar-refractivity contribution in [2.45, 2.75) is 6.42 Å². The molecule has 1 fully saturated rings. The summed E-state index contributed by atoms with van der Waals surface area (Å²) >= 11 is 0. The number of nitrogens with zero attached hydrogens (tertiary/aromatic N) is 2. The van der Waals surface area contributed by atoms with Crippen LogP contribution in [0.4, 0.5) is 11.4 Å². The van der Waals surface area contributed by atoms with Gasteiger partial charge in [-0.05, 0) is 38.1 Å². The number of nitrogen functional groups attached to an aromatic ring is 1. The predicted octanol–water partition coefficient (Wildman–Crippen LogP) is 1.35. The van der Waals surface area contributed by atoms with E-state index in [1.54, 1.807) is 18.2 Å². The molecule has 104 valence electrons. The van der Waals surface area contributed by atoms with Crippen LogP contribution in [0.1, 0.15) is 16.8 Å². The number of rotatable bonds is 4. The van der Waals surface area contributed by atoms with Crippen molar-refractivity contribution in [1.29, 1.82) is 0 Å². The fourth-order valence-electron chi connectivity index (χ4n) is 2.81. The summed E-state index contributed by atoms with van der Waals surface area (Å²) in [7, 11) is 4.02. The molecule has 5 heteroatoms. The van der Waals surface area contributed by atoms with Crippen molar-refractivity contribution in [2.24, 2.45) is 5.92 Å². The third-order valence-corrected chi connectivity index (χ3v) is 3.70. The smallest absolute Gasteiger partial charge is 0.337 e. The molecule has 5 nitrogen and oxygen atoms in total. The lowest BCUT2D eigenvalue weighted by molar-refractivity contribution is 0.0697. The highest BCUT2D eigenvalue weighted by Gasteiger charge is 2.23. The number of nitrogens with two attached hydrogens (primary N) is 1. The number of carboxylic acids is 1. The third kappa shape index (κ3) is 2.98. The number of benzene rings is 1. The summed E-state index contributed by atoms with van der Waals surface area (Å²) < 4.78 is 0. The number of hydrogen-bond donors (Lipinski definition) is 2. The Bertz CT molecular complexity index is 476. The molecule has 0 bridgehead atoms. The molecule has 0 aromatic heterocycles. The van der Waals surface area contributed by atoms with E-state index in [2.05, 4.69) is 11.9 Å². The first kappa shape index (κ1) is 13.7. The zero-order valence-electron chi connectivity index (χ0n) is 11.5. The Hall–Kier alpha value is -1.75. The van der Waals surface area contributed by atoms with Crippen LogP contribution in [0.25, 0.3) is 0 Å². The fraction of sp³-hybridized carbons (Fsp3) is 0.500.